The molecule has 0 amide bonds. The van der Waals surface area contributed by atoms with Gasteiger partial charge in [0, 0.05) is 36.5 Å². The van der Waals surface area contributed by atoms with E-state index in [9.17, 15) is 4.79 Å². The molecular weight excluding hydrogens is 282 g/mol. The maximum absolute atomic E-state index is 12.1. The Morgan fingerprint density at radius 1 is 1.48 bits per heavy atom. The van der Waals surface area contributed by atoms with E-state index in [1.807, 2.05) is 11.3 Å². The van der Waals surface area contributed by atoms with Crippen molar-refractivity contribution in [3.63, 3.8) is 0 Å². The van der Waals surface area contributed by atoms with E-state index in [2.05, 4.69) is 40.2 Å². The standard InChI is InChI=1S/C16H21N3OS/c1-3-4-15-17-14-9-19(6-5-13(14)16(20)18-15)8-12-7-11(2)10-21-12/h7,10H,3-6,8-9H2,1-2H3,(H,17,18,20). The topological polar surface area (TPSA) is 49.0 Å². The Hall–Kier alpha value is -1.46. The van der Waals surface area contributed by atoms with Gasteiger partial charge in [-0.25, -0.2) is 4.98 Å². The van der Waals surface area contributed by atoms with Gasteiger partial charge in [0.25, 0.3) is 5.56 Å². The zero-order chi connectivity index (χ0) is 14.8. The Bertz CT molecular complexity index is 689. The molecule has 1 aliphatic rings. The quantitative estimate of drug-likeness (QED) is 0.944. The minimum atomic E-state index is 0.0649. The fourth-order valence-corrected chi connectivity index (χ4v) is 3.75. The molecule has 0 unspecified atom stereocenters. The lowest BCUT2D eigenvalue weighted by Crippen LogP contribution is -2.35. The average Bonchev–Trinajstić information content (AvgIpc) is 2.84. The van der Waals surface area contributed by atoms with Crippen LogP contribution in [0.2, 0.25) is 0 Å². The summed E-state index contributed by atoms with van der Waals surface area (Å²) in [5.74, 6) is 0.829. The summed E-state index contributed by atoms with van der Waals surface area (Å²) >= 11 is 1.81. The predicted octanol–water partition coefficient (Wildman–Crippen LogP) is 2.65. The Labute approximate surface area is 128 Å². The SMILES string of the molecule is CCCc1nc2c(c(=O)[nH]1)CCN(Cc1cc(C)cs1)C2. The normalized spacial score (nSPS) is 15.1. The van der Waals surface area contributed by atoms with Gasteiger partial charge in [0.2, 0.25) is 0 Å². The number of nitrogens with zero attached hydrogens (tertiary/aromatic N) is 2. The molecule has 112 valence electrons. The summed E-state index contributed by atoms with van der Waals surface area (Å²) in [6.45, 7) is 6.90. The van der Waals surface area contributed by atoms with Crippen molar-refractivity contribution >= 4 is 11.3 Å². The van der Waals surface area contributed by atoms with E-state index in [1.54, 1.807) is 0 Å². The summed E-state index contributed by atoms with van der Waals surface area (Å²) in [6.07, 6.45) is 2.64. The monoisotopic (exact) mass is 303 g/mol. The van der Waals surface area contributed by atoms with Crippen LogP contribution in [0.1, 0.15) is 40.9 Å². The largest absolute Gasteiger partial charge is 0.310 e. The third kappa shape index (κ3) is 3.24. The second-order valence-electron chi connectivity index (χ2n) is 5.74. The number of rotatable bonds is 4. The number of hydrogen-bond acceptors (Lipinski definition) is 4. The number of fused-ring (bicyclic) bond motifs is 1. The van der Waals surface area contributed by atoms with Gasteiger partial charge < -0.3 is 4.98 Å². The zero-order valence-electron chi connectivity index (χ0n) is 12.6. The molecule has 3 rings (SSSR count). The van der Waals surface area contributed by atoms with Crippen molar-refractivity contribution in [2.45, 2.75) is 46.2 Å². The average molecular weight is 303 g/mol. The number of nitrogens with one attached hydrogen (secondary N) is 1. The van der Waals surface area contributed by atoms with Gasteiger partial charge in [0.05, 0.1) is 5.69 Å². The van der Waals surface area contributed by atoms with Gasteiger partial charge in [0.1, 0.15) is 5.82 Å². The van der Waals surface area contributed by atoms with Gasteiger partial charge in [-0.1, -0.05) is 6.92 Å². The van der Waals surface area contributed by atoms with Crippen molar-refractivity contribution in [3.8, 4) is 0 Å². The van der Waals surface area contributed by atoms with Crippen LogP contribution < -0.4 is 5.56 Å². The highest BCUT2D eigenvalue weighted by Crippen LogP contribution is 2.20. The maximum Gasteiger partial charge on any atom is 0.254 e. The van der Waals surface area contributed by atoms with Gasteiger partial charge in [-0.15, -0.1) is 11.3 Å². The summed E-state index contributed by atoms with van der Waals surface area (Å²) < 4.78 is 0. The number of aromatic amines is 1. The molecule has 1 aliphatic heterocycles. The van der Waals surface area contributed by atoms with Crippen LogP contribution in [0.15, 0.2) is 16.2 Å². The van der Waals surface area contributed by atoms with Crippen LogP contribution in [-0.2, 0) is 25.9 Å². The van der Waals surface area contributed by atoms with Gasteiger partial charge in [0.15, 0.2) is 0 Å². The first-order chi connectivity index (χ1) is 10.2. The summed E-state index contributed by atoms with van der Waals surface area (Å²) in [4.78, 5) is 23.5. The van der Waals surface area contributed by atoms with Crippen LogP contribution >= 0.6 is 11.3 Å². The molecule has 21 heavy (non-hydrogen) atoms. The first-order valence-electron chi connectivity index (χ1n) is 7.53. The fourth-order valence-electron chi connectivity index (χ4n) is 2.83. The molecule has 0 fully saturated rings. The van der Waals surface area contributed by atoms with Crippen LogP contribution in [0, 0.1) is 6.92 Å². The molecule has 3 heterocycles. The van der Waals surface area contributed by atoms with Crippen molar-refractivity contribution in [1.29, 1.82) is 0 Å². The van der Waals surface area contributed by atoms with Crippen molar-refractivity contribution in [2.75, 3.05) is 6.54 Å². The van der Waals surface area contributed by atoms with Crippen molar-refractivity contribution in [1.82, 2.24) is 14.9 Å². The number of hydrogen-bond donors (Lipinski definition) is 1. The summed E-state index contributed by atoms with van der Waals surface area (Å²) in [5.41, 5.74) is 3.25. The smallest absolute Gasteiger partial charge is 0.254 e. The lowest BCUT2D eigenvalue weighted by atomic mass is 10.1. The first kappa shape index (κ1) is 14.5. The van der Waals surface area contributed by atoms with Crippen LogP contribution in [0.4, 0.5) is 0 Å². The highest BCUT2D eigenvalue weighted by molar-refractivity contribution is 7.10. The fraction of sp³-hybridized carbons (Fsp3) is 0.500. The van der Waals surface area contributed by atoms with Gasteiger partial charge in [-0.3, -0.25) is 9.69 Å². The Kier molecular flexibility index (Phi) is 4.22. The van der Waals surface area contributed by atoms with Gasteiger partial charge in [-0.2, -0.15) is 0 Å². The van der Waals surface area contributed by atoms with E-state index in [0.29, 0.717) is 0 Å². The van der Waals surface area contributed by atoms with E-state index in [0.717, 1.165) is 56.0 Å². The second-order valence-corrected chi connectivity index (χ2v) is 6.73. The van der Waals surface area contributed by atoms with E-state index < -0.39 is 0 Å². The summed E-state index contributed by atoms with van der Waals surface area (Å²) in [5, 5.41) is 2.19. The third-order valence-electron chi connectivity index (χ3n) is 3.85. The van der Waals surface area contributed by atoms with Crippen molar-refractivity contribution < 1.29 is 0 Å². The number of aromatic nitrogens is 2. The molecule has 5 heteroatoms. The Morgan fingerprint density at radius 2 is 2.33 bits per heavy atom. The van der Waals surface area contributed by atoms with Crippen LogP contribution in [0.25, 0.3) is 0 Å². The zero-order valence-corrected chi connectivity index (χ0v) is 13.4. The van der Waals surface area contributed by atoms with E-state index in [4.69, 9.17) is 0 Å². The predicted molar refractivity (Wildman–Crippen MR) is 85.7 cm³/mol. The molecule has 0 radical (unpaired) electrons. The van der Waals surface area contributed by atoms with Crippen LogP contribution in [0.3, 0.4) is 0 Å². The molecule has 0 spiro atoms. The van der Waals surface area contributed by atoms with E-state index >= 15 is 0 Å². The molecule has 0 saturated carbocycles. The molecule has 0 aliphatic carbocycles. The van der Waals surface area contributed by atoms with E-state index in [-0.39, 0.29) is 5.56 Å². The number of thiophene rings is 1. The molecule has 1 N–H and O–H groups in total. The minimum Gasteiger partial charge on any atom is -0.310 e. The lowest BCUT2D eigenvalue weighted by Gasteiger charge is -2.27. The highest BCUT2D eigenvalue weighted by atomic mass is 32.1. The molecule has 0 bridgehead atoms. The highest BCUT2D eigenvalue weighted by Gasteiger charge is 2.21. The number of H-pyrrole nitrogens is 1. The van der Waals surface area contributed by atoms with Crippen molar-refractivity contribution in [3.05, 3.63) is 49.3 Å². The maximum atomic E-state index is 12.1. The molecule has 2 aromatic heterocycles. The van der Waals surface area contributed by atoms with Gasteiger partial charge in [-0.05, 0) is 36.8 Å². The third-order valence-corrected chi connectivity index (χ3v) is 4.89. The van der Waals surface area contributed by atoms with Gasteiger partial charge >= 0.3 is 0 Å². The van der Waals surface area contributed by atoms with E-state index in [1.165, 1.54) is 10.4 Å². The van der Waals surface area contributed by atoms with Crippen LogP contribution in [-0.4, -0.2) is 21.4 Å². The summed E-state index contributed by atoms with van der Waals surface area (Å²) in [7, 11) is 0. The lowest BCUT2D eigenvalue weighted by molar-refractivity contribution is 0.242. The molecule has 2 aromatic rings. The molecule has 4 nitrogen and oxygen atoms in total. The Morgan fingerprint density at radius 3 is 3.05 bits per heavy atom. The first-order valence-corrected chi connectivity index (χ1v) is 8.41. The second kappa shape index (κ2) is 6.12. The van der Waals surface area contributed by atoms with Crippen molar-refractivity contribution in [2.24, 2.45) is 0 Å². The molecular formula is C16H21N3OS. The molecule has 0 aromatic carbocycles. The minimum absolute atomic E-state index is 0.0649. The Balaban J connectivity index is 1.79. The molecule has 0 atom stereocenters. The summed E-state index contributed by atoms with van der Waals surface area (Å²) in [6, 6.07) is 2.24. The number of aryl methyl sites for hydroxylation is 2. The van der Waals surface area contributed by atoms with Crippen LogP contribution in [0.5, 0.6) is 0 Å². The molecule has 0 saturated heterocycles.